The lowest BCUT2D eigenvalue weighted by Crippen LogP contribution is -2.15. The van der Waals surface area contributed by atoms with Crippen LogP contribution in [0.5, 0.6) is 5.75 Å². The third-order valence-electron chi connectivity index (χ3n) is 4.03. The van der Waals surface area contributed by atoms with Crippen LogP contribution in [0.1, 0.15) is 36.1 Å². The highest BCUT2D eigenvalue weighted by atomic mass is 32.1. The van der Waals surface area contributed by atoms with E-state index in [-0.39, 0.29) is 12.0 Å². The van der Waals surface area contributed by atoms with Crippen molar-refractivity contribution in [3.05, 3.63) is 40.9 Å². The molecule has 6 heteroatoms. The molecule has 1 saturated heterocycles. The number of anilines is 1. The molecule has 1 atom stereocenters. The molecule has 0 aliphatic carbocycles. The summed E-state index contributed by atoms with van der Waals surface area (Å²) in [6, 6.07) is 7.97. The summed E-state index contributed by atoms with van der Waals surface area (Å²) in [5.74, 6) is 0.854. The number of hydrogen-bond donors (Lipinski definition) is 1. The number of amides is 1. The minimum Gasteiger partial charge on any atom is -0.497 e. The maximum Gasteiger partial charge on any atom is 0.226 e. The van der Waals surface area contributed by atoms with Crippen LogP contribution in [-0.4, -0.2) is 30.7 Å². The third-order valence-corrected chi connectivity index (χ3v) is 4.94. The van der Waals surface area contributed by atoms with Gasteiger partial charge in [-0.15, -0.1) is 11.3 Å². The number of benzene rings is 1. The van der Waals surface area contributed by atoms with E-state index >= 15 is 0 Å². The normalized spacial score (nSPS) is 17.0. The first-order chi connectivity index (χ1) is 11.7. The van der Waals surface area contributed by atoms with Gasteiger partial charge in [0.25, 0.3) is 0 Å². The second-order valence-electron chi connectivity index (χ2n) is 5.88. The average Bonchev–Trinajstić information content (AvgIpc) is 3.25. The lowest BCUT2D eigenvalue weighted by molar-refractivity contribution is -0.116. The molecule has 0 radical (unpaired) electrons. The Morgan fingerprint density at radius 2 is 2.42 bits per heavy atom. The molecule has 24 heavy (non-hydrogen) atoms. The molecule has 1 N–H and O–H groups in total. The van der Waals surface area contributed by atoms with Gasteiger partial charge in [0.15, 0.2) is 5.13 Å². The van der Waals surface area contributed by atoms with Crippen molar-refractivity contribution in [3.63, 3.8) is 0 Å². The van der Waals surface area contributed by atoms with Gasteiger partial charge in [-0.25, -0.2) is 4.98 Å². The van der Waals surface area contributed by atoms with E-state index in [1.807, 2.05) is 24.4 Å². The Morgan fingerprint density at radius 1 is 1.50 bits per heavy atom. The van der Waals surface area contributed by atoms with Crippen molar-refractivity contribution >= 4 is 22.4 Å². The number of aromatic nitrogens is 1. The molecular formula is C18H22N2O3S. The minimum atomic E-state index is 0.00720. The first-order valence-corrected chi connectivity index (χ1v) is 9.03. The van der Waals surface area contributed by atoms with E-state index in [4.69, 9.17) is 9.47 Å². The number of nitrogens with one attached hydrogen (secondary N) is 1. The van der Waals surface area contributed by atoms with Gasteiger partial charge >= 0.3 is 0 Å². The molecule has 1 aromatic carbocycles. The summed E-state index contributed by atoms with van der Waals surface area (Å²) in [6.07, 6.45) is 6.28. The number of carbonyl (C=O) groups is 1. The van der Waals surface area contributed by atoms with Gasteiger partial charge in [-0.1, -0.05) is 12.1 Å². The van der Waals surface area contributed by atoms with Crippen LogP contribution in [0.25, 0.3) is 0 Å². The molecule has 5 nitrogen and oxygen atoms in total. The van der Waals surface area contributed by atoms with Crippen molar-refractivity contribution in [2.75, 3.05) is 19.0 Å². The first kappa shape index (κ1) is 16.9. The number of carbonyl (C=O) groups excluding carboxylic acids is 1. The highest BCUT2D eigenvalue weighted by molar-refractivity contribution is 7.15. The van der Waals surface area contributed by atoms with Gasteiger partial charge in [0.2, 0.25) is 5.91 Å². The van der Waals surface area contributed by atoms with Gasteiger partial charge < -0.3 is 14.8 Å². The van der Waals surface area contributed by atoms with Crippen LogP contribution in [0.3, 0.4) is 0 Å². The summed E-state index contributed by atoms with van der Waals surface area (Å²) in [6.45, 7) is 0.826. The molecule has 0 bridgehead atoms. The molecule has 2 aromatic rings. The predicted molar refractivity (Wildman–Crippen MR) is 94.8 cm³/mol. The highest BCUT2D eigenvalue weighted by Crippen LogP contribution is 2.23. The number of rotatable bonds is 7. The zero-order valence-corrected chi connectivity index (χ0v) is 14.6. The molecule has 1 amide bonds. The van der Waals surface area contributed by atoms with Crippen LogP contribution in [0.2, 0.25) is 0 Å². The van der Waals surface area contributed by atoms with E-state index in [1.54, 1.807) is 7.11 Å². The van der Waals surface area contributed by atoms with Crippen molar-refractivity contribution in [1.29, 1.82) is 0 Å². The monoisotopic (exact) mass is 346 g/mol. The summed E-state index contributed by atoms with van der Waals surface area (Å²) in [7, 11) is 1.66. The summed E-state index contributed by atoms with van der Waals surface area (Å²) >= 11 is 1.51. The second kappa shape index (κ2) is 8.26. The standard InChI is InChI=1S/C18H22N2O3S/c1-22-15-5-2-4-13(10-15)11-16-12-19-18(24-16)20-17(21)8-7-14-6-3-9-23-14/h2,4-5,10,12,14H,3,6-9,11H2,1H3,(H,19,20,21). The number of thiazole rings is 1. The maximum absolute atomic E-state index is 12.0. The van der Waals surface area contributed by atoms with Crippen LogP contribution >= 0.6 is 11.3 Å². The van der Waals surface area contributed by atoms with Crippen LogP contribution in [0.15, 0.2) is 30.5 Å². The Kier molecular flexibility index (Phi) is 5.82. The van der Waals surface area contributed by atoms with Gasteiger partial charge in [-0.05, 0) is 37.0 Å². The van der Waals surface area contributed by atoms with E-state index < -0.39 is 0 Å². The van der Waals surface area contributed by atoms with Crippen molar-refractivity contribution in [2.24, 2.45) is 0 Å². The molecule has 1 aliphatic heterocycles. The van der Waals surface area contributed by atoms with Crippen molar-refractivity contribution < 1.29 is 14.3 Å². The topological polar surface area (TPSA) is 60.5 Å². The first-order valence-electron chi connectivity index (χ1n) is 8.22. The van der Waals surface area contributed by atoms with Gasteiger partial charge in [-0.3, -0.25) is 4.79 Å². The smallest absolute Gasteiger partial charge is 0.226 e. The SMILES string of the molecule is COc1cccc(Cc2cnc(NC(=O)CCC3CCCO3)s2)c1. The number of methoxy groups -OCH3 is 1. The molecule has 1 unspecified atom stereocenters. The highest BCUT2D eigenvalue weighted by Gasteiger charge is 2.17. The molecule has 1 fully saturated rings. The summed E-state index contributed by atoms with van der Waals surface area (Å²) < 4.78 is 10.8. The fraction of sp³-hybridized carbons (Fsp3) is 0.444. The van der Waals surface area contributed by atoms with E-state index in [0.29, 0.717) is 11.6 Å². The van der Waals surface area contributed by atoms with E-state index in [2.05, 4.69) is 16.4 Å². The lowest BCUT2D eigenvalue weighted by atomic mass is 10.1. The zero-order chi connectivity index (χ0) is 16.8. The second-order valence-corrected chi connectivity index (χ2v) is 7.00. The van der Waals surface area contributed by atoms with Crippen LogP contribution in [-0.2, 0) is 16.0 Å². The van der Waals surface area contributed by atoms with Crippen LogP contribution in [0, 0.1) is 0 Å². The Morgan fingerprint density at radius 3 is 3.21 bits per heavy atom. The molecule has 128 valence electrons. The van der Waals surface area contributed by atoms with Crippen LogP contribution in [0.4, 0.5) is 5.13 Å². The zero-order valence-electron chi connectivity index (χ0n) is 13.8. The predicted octanol–water partition coefficient (Wildman–Crippen LogP) is 3.64. The Labute approximate surface area is 146 Å². The minimum absolute atomic E-state index is 0.00720. The van der Waals surface area contributed by atoms with Crippen molar-refractivity contribution in [3.8, 4) is 5.75 Å². The van der Waals surface area contributed by atoms with Gasteiger partial charge in [0.1, 0.15) is 5.75 Å². The molecule has 1 aliphatic rings. The molecule has 2 heterocycles. The molecular weight excluding hydrogens is 324 g/mol. The number of nitrogens with zero attached hydrogens (tertiary/aromatic N) is 1. The quantitative estimate of drug-likeness (QED) is 0.831. The largest absolute Gasteiger partial charge is 0.497 e. The summed E-state index contributed by atoms with van der Waals surface area (Å²) in [4.78, 5) is 17.4. The molecule has 0 saturated carbocycles. The van der Waals surface area contributed by atoms with E-state index in [1.165, 1.54) is 11.3 Å². The van der Waals surface area contributed by atoms with E-state index in [9.17, 15) is 4.79 Å². The van der Waals surface area contributed by atoms with Gasteiger partial charge in [0, 0.05) is 30.5 Å². The molecule has 0 spiro atoms. The van der Waals surface area contributed by atoms with Crippen molar-refractivity contribution in [1.82, 2.24) is 4.98 Å². The average molecular weight is 346 g/mol. The van der Waals surface area contributed by atoms with Crippen molar-refractivity contribution in [2.45, 2.75) is 38.2 Å². The summed E-state index contributed by atoms with van der Waals surface area (Å²) in [5.41, 5.74) is 1.16. The molecule has 3 rings (SSSR count). The van der Waals surface area contributed by atoms with Gasteiger partial charge in [-0.2, -0.15) is 0 Å². The Bertz CT molecular complexity index is 680. The van der Waals surface area contributed by atoms with E-state index in [0.717, 1.165) is 48.5 Å². The third kappa shape index (κ3) is 4.79. The maximum atomic E-state index is 12.0. The number of ether oxygens (including phenoxy) is 2. The van der Waals surface area contributed by atoms with Crippen LogP contribution < -0.4 is 10.1 Å². The fourth-order valence-corrected chi connectivity index (χ4v) is 3.64. The molecule has 1 aromatic heterocycles. The lowest BCUT2D eigenvalue weighted by Gasteiger charge is -2.08. The van der Waals surface area contributed by atoms with Gasteiger partial charge in [0.05, 0.1) is 13.2 Å². The Hall–Kier alpha value is -1.92. The fourth-order valence-electron chi connectivity index (χ4n) is 2.78. The Balaban J connectivity index is 1.50. The summed E-state index contributed by atoms with van der Waals surface area (Å²) in [5, 5.41) is 3.54. The number of hydrogen-bond acceptors (Lipinski definition) is 5.